The van der Waals surface area contributed by atoms with Crippen molar-refractivity contribution in [2.75, 3.05) is 0 Å². The molecule has 0 saturated heterocycles. The average Bonchev–Trinajstić information content (AvgIpc) is 2.50. The van der Waals surface area contributed by atoms with Gasteiger partial charge in [0.25, 0.3) is 0 Å². The van der Waals surface area contributed by atoms with Crippen LogP contribution in [0.15, 0.2) is 60.7 Å². The van der Waals surface area contributed by atoms with Gasteiger partial charge in [-0.1, -0.05) is 60.7 Å². The molecule has 0 aliphatic heterocycles. The maximum atomic E-state index is 2.33. The van der Waals surface area contributed by atoms with Crippen molar-refractivity contribution < 1.29 is 0 Å². The van der Waals surface area contributed by atoms with Crippen molar-refractivity contribution in [1.29, 1.82) is 0 Å². The van der Waals surface area contributed by atoms with Gasteiger partial charge in [-0.2, -0.15) is 0 Å². The standard InChI is InChI=1S/C12H10.C6H13.Na/c1-3-7-11(8-4-1)12-9-5-2-6-10-12;1-4-6(3)5-2;/h1-10H;6H,1,4-5H2,2-3H3;. The van der Waals surface area contributed by atoms with Crippen LogP contribution in [0.2, 0.25) is 3.67 Å². The second kappa shape index (κ2) is 10.3. The molecule has 96 valence electrons. The van der Waals surface area contributed by atoms with Crippen molar-refractivity contribution in [2.24, 2.45) is 5.92 Å². The zero-order chi connectivity index (χ0) is 13.9. The van der Waals surface area contributed by atoms with E-state index in [-0.39, 0.29) is 0 Å². The van der Waals surface area contributed by atoms with Gasteiger partial charge in [0.1, 0.15) is 0 Å². The van der Waals surface area contributed by atoms with Gasteiger partial charge in [0.05, 0.1) is 0 Å². The van der Waals surface area contributed by atoms with Gasteiger partial charge >= 0.3 is 64.2 Å². The van der Waals surface area contributed by atoms with Gasteiger partial charge in [0.15, 0.2) is 0 Å². The molecule has 2 aromatic carbocycles. The SMILES string of the molecule is CCC(C)C[CH2][Na].c1ccc(-c2ccccc2)cc1. The normalized spacial score (nSPS) is 11.4. The second-order valence-electron chi connectivity index (χ2n) is 5.03. The van der Waals surface area contributed by atoms with E-state index in [0.29, 0.717) is 0 Å². The molecular formula is C18H23Na. The van der Waals surface area contributed by atoms with Crippen LogP contribution in [0.3, 0.4) is 0 Å². The van der Waals surface area contributed by atoms with Crippen LogP contribution in [0.4, 0.5) is 0 Å². The van der Waals surface area contributed by atoms with Crippen LogP contribution in [-0.4, -0.2) is 27.9 Å². The minimum Gasteiger partial charge on any atom is -0.0622 e. The molecule has 0 heterocycles. The van der Waals surface area contributed by atoms with Gasteiger partial charge in [-0.3, -0.25) is 0 Å². The van der Waals surface area contributed by atoms with Gasteiger partial charge in [-0.05, 0) is 11.1 Å². The zero-order valence-corrected chi connectivity index (χ0v) is 14.5. The molecule has 0 nitrogen and oxygen atoms in total. The third-order valence-electron chi connectivity index (χ3n) is 3.36. The molecule has 0 fully saturated rings. The van der Waals surface area contributed by atoms with Crippen LogP contribution in [0.1, 0.15) is 26.7 Å². The van der Waals surface area contributed by atoms with E-state index in [2.05, 4.69) is 62.4 Å². The van der Waals surface area contributed by atoms with Gasteiger partial charge in [0.2, 0.25) is 0 Å². The summed E-state index contributed by atoms with van der Waals surface area (Å²) in [7, 11) is 0. The summed E-state index contributed by atoms with van der Waals surface area (Å²) in [5.41, 5.74) is 2.55. The smallest absolute Gasteiger partial charge is 0.0184 e. The van der Waals surface area contributed by atoms with Crippen molar-refractivity contribution in [1.82, 2.24) is 0 Å². The van der Waals surface area contributed by atoms with Crippen molar-refractivity contribution in [2.45, 2.75) is 30.4 Å². The van der Waals surface area contributed by atoms with Crippen LogP contribution in [0, 0.1) is 5.92 Å². The first kappa shape index (κ1) is 16.5. The molecule has 0 spiro atoms. The Hall–Kier alpha value is -0.560. The fourth-order valence-corrected chi connectivity index (χ4v) is 2.94. The summed E-state index contributed by atoms with van der Waals surface area (Å²) in [6.45, 7) is 4.60. The van der Waals surface area contributed by atoms with E-state index in [4.69, 9.17) is 0 Å². The maximum absolute atomic E-state index is 2.33. The molecule has 1 heteroatoms. The first-order valence-corrected chi connectivity index (χ1v) is 8.79. The van der Waals surface area contributed by atoms with Crippen LogP contribution in [-0.2, 0) is 0 Å². The molecule has 0 aromatic heterocycles. The van der Waals surface area contributed by atoms with E-state index in [1.54, 1.807) is 0 Å². The predicted molar refractivity (Wildman–Crippen MR) is 86.5 cm³/mol. The van der Waals surface area contributed by atoms with Gasteiger partial charge in [-0.15, -0.1) is 0 Å². The number of hydrogen-bond donors (Lipinski definition) is 0. The Labute approximate surface area is 135 Å². The third kappa shape index (κ3) is 6.96. The van der Waals surface area contributed by atoms with E-state index in [9.17, 15) is 0 Å². The molecule has 0 radical (unpaired) electrons. The Morgan fingerprint density at radius 1 is 0.842 bits per heavy atom. The molecule has 0 bridgehead atoms. The van der Waals surface area contributed by atoms with Crippen LogP contribution >= 0.6 is 0 Å². The van der Waals surface area contributed by atoms with Crippen molar-refractivity contribution in [3.05, 3.63) is 60.7 Å². The molecule has 2 rings (SSSR count). The Bertz CT molecular complexity index is 384. The Balaban J connectivity index is 0.000000224. The van der Waals surface area contributed by atoms with E-state index in [1.165, 1.54) is 55.6 Å². The van der Waals surface area contributed by atoms with E-state index >= 15 is 0 Å². The first-order chi connectivity index (χ1) is 9.27. The van der Waals surface area contributed by atoms with Gasteiger partial charge in [0, 0.05) is 0 Å². The van der Waals surface area contributed by atoms with Crippen LogP contribution in [0.5, 0.6) is 0 Å². The number of rotatable bonds is 4. The van der Waals surface area contributed by atoms with Gasteiger partial charge < -0.3 is 0 Å². The summed E-state index contributed by atoms with van der Waals surface area (Å²) in [5, 5.41) is 0. The molecule has 0 N–H and O–H groups in total. The molecule has 0 amide bonds. The second-order valence-corrected chi connectivity index (χ2v) is 6.03. The molecule has 2 aromatic rings. The summed E-state index contributed by atoms with van der Waals surface area (Å²) in [5.74, 6) is 0.984. The average molecular weight is 262 g/mol. The maximum Gasteiger partial charge on any atom is -0.0184 e. The van der Waals surface area contributed by atoms with E-state index in [0.717, 1.165) is 5.92 Å². The molecule has 0 saturated carbocycles. The summed E-state index contributed by atoms with van der Waals surface area (Å²) in [4.78, 5) is 0. The molecule has 1 unspecified atom stereocenters. The summed E-state index contributed by atoms with van der Waals surface area (Å²) in [6.07, 6.45) is 2.82. The molecule has 19 heavy (non-hydrogen) atoms. The van der Waals surface area contributed by atoms with Crippen molar-refractivity contribution in [3.63, 3.8) is 0 Å². The topological polar surface area (TPSA) is 0 Å². The minimum absolute atomic E-state index is 0.984. The molecular weight excluding hydrogens is 239 g/mol. The molecule has 0 aliphatic rings. The minimum atomic E-state index is 0.984. The quantitative estimate of drug-likeness (QED) is 0.650. The summed E-state index contributed by atoms with van der Waals surface area (Å²) >= 11 is 1.39. The fraction of sp³-hybridized carbons (Fsp3) is 0.333. The Morgan fingerprint density at radius 3 is 1.53 bits per heavy atom. The molecule has 1 atom stereocenters. The fourth-order valence-electron chi connectivity index (χ4n) is 1.96. The van der Waals surface area contributed by atoms with Crippen molar-refractivity contribution >= 4 is 27.9 Å². The Morgan fingerprint density at radius 2 is 1.26 bits per heavy atom. The predicted octanol–water partition coefficient (Wildman–Crippen LogP) is 5.36. The first-order valence-electron chi connectivity index (χ1n) is 7.38. The van der Waals surface area contributed by atoms with Crippen LogP contribution in [0.25, 0.3) is 11.1 Å². The van der Waals surface area contributed by atoms with Gasteiger partial charge in [-0.25, -0.2) is 0 Å². The van der Waals surface area contributed by atoms with Crippen LogP contribution < -0.4 is 0 Å². The Kier molecular flexibility index (Phi) is 8.90. The van der Waals surface area contributed by atoms with Crippen molar-refractivity contribution in [3.8, 4) is 11.1 Å². The number of hydrogen-bond acceptors (Lipinski definition) is 0. The third-order valence-corrected chi connectivity index (χ3v) is 3.94. The molecule has 0 aliphatic carbocycles. The zero-order valence-electron chi connectivity index (χ0n) is 12.5. The van der Waals surface area contributed by atoms with E-state index < -0.39 is 0 Å². The number of benzene rings is 2. The summed E-state index contributed by atoms with van der Waals surface area (Å²) in [6, 6.07) is 20.8. The van der Waals surface area contributed by atoms with E-state index in [1.807, 2.05) is 12.1 Å². The summed E-state index contributed by atoms with van der Waals surface area (Å²) < 4.78 is 1.48. The monoisotopic (exact) mass is 262 g/mol. The largest absolute Gasteiger partial charge is 0.0622 e.